The van der Waals surface area contributed by atoms with E-state index in [2.05, 4.69) is 13.8 Å². The molecule has 144 valence electrons. The van der Waals surface area contributed by atoms with Crippen LogP contribution in [0.3, 0.4) is 0 Å². The highest BCUT2D eigenvalue weighted by Crippen LogP contribution is 2.17. The monoisotopic (exact) mass is 340 g/mol. The van der Waals surface area contributed by atoms with Gasteiger partial charge in [-0.2, -0.15) is 0 Å². The third kappa shape index (κ3) is 15.0. The minimum absolute atomic E-state index is 0.00898. The number of hydrogen-bond donors (Lipinski definition) is 0. The van der Waals surface area contributed by atoms with E-state index in [1.165, 1.54) is 89.9 Å². The zero-order valence-corrected chi connectivity index (χ0v) is 16.9. The molecule has 0 aromatic rings. The first-order valence-electron chi connectivity index (χ1n) is 10.9. The third-order valence-electron chi connectivity index (χ3n) is 5.02. The van der Waals surface area contributed by atoms with Gasteiger partial charge in [-0.3, -0.25) is 4.79 Å². The Bertz CT molecular complexity index is 263. The first-order valence-corrected chi connectivity index (χ1v) is 10.9. The Balaban J connectivity index is 3.26. The number of carbonyl (C=O) groups excluding carboxylic acids is 1. The van der Waals surface area contributed by atoms with Gasteiger partial charge in [0.25, 0.3) is 0 Å². The summed E-state index contributed by atoms with van der Waals surface area (Å²) in [6, 6.07) is 0. The number of carbonyl (C=O) groups is 1. The SMILES string of the molecule is CCCCCCCCCCCCCCCCC(CC)C(=O)OCC. The van der Waals surface area contributed by atoms with Gasteiger partial charge in [-0.05, 0) is 19.8 Å². The van der Waals surface area contributed by atoms with Gasteiger partial charge in [0.1, 0.15) is 0 Å². The molecule has 0 aromatic carbocycles. The van der Waals surface area contributed by atoms with Crippen LogP contribution in [0.25, 0.3) is 0 Å². The molecule has 0 radical (unpaired) electrons. The van der Waals surface area contributed by atoms with Crippen LogP contribution in [-0.2, 0) is 9.53 Å². The van der Waals surface area contributed by atoms with Crippen molar-refractivity contribution in [1.82, 2.24) is 0 Å². The van der Waals surface area contributed by atoms with Gasteiger partial charge < -0.3 is 4.74 Å². The quantitative estimate of drug-likeness (QED) is 0.191. The van der Waals surface area contributed by atoms with Crippen molar-refractivity contribution >= 4 is 5.97 Å². The molecule has 2 heteroatoms. The van der Waals surface area contributed by atoms with Crippen LogP contribution in [0.2, 0.25) is 0 Å². The maximum atomic E-state index is 11.7. The van der Waals surface area contributed by atoms with Crippen LogP contribution < -0.4 is 0 Å². The largest absolute Gasteiger partial charge is 0.466 e. The molecule has 0 aliphatic heterocycles. The second kappa shape index (κ2) is 18.8. The molecule has 0 aliphatic carbocycles. The second-order valence-corrected chi connectivity index (χ2v) is 7.24. The van der Waals surface area contributed by atoms with E-state index in [1.807, 2.05) is 6.92 Å². The van der Waals surface area contributed by atoms with Crippen molar-refractivity contribution in [3.63, 3.8) is 0 Å². The number of ether oxygens (including phenoxy) is 1. The summed E-state index contributed by atoms with van der Waals surface area (Å²) >= 11 is 0. The van der Waals surface area contributed by atoms with Gasteiger partial charge >= 0.3 is 5.97 Å². The van der Waals surface area contributed by atoms with E-state index in [0.29, 0.717) is 6.61 Å². The number of unbranched alkanes of at least 4 members (excludes halogenated alkanes) is 13. The molecule has 0 bridgehead atoms. The Morgan fingerprint density at radius 3 is 1.46 bits per heavy atom. The highest BCUT2D eigenvalue weighted by molar-refractivity contribution is 5.72. The molecule has 0 N–H and O–H groups in total. The van der Waals surface area contributed by atoms with E-state index in [-0.39, 0.29) is 11.9 Å². The van der Waals surface area contributed by atoms with Crippen molar-refractivity contribution in [3.8, 4) is 0 Å². The van der Waals surface area contributed by atoms with Crippen LogP contribution in [0.4, 0.5) is 0 Å². The van der Waals surface area contributed by atoms with Gasteiger partial charge in [-0.15, -0.1) is 0 Å². The third-order valence-corrected chi connectivity index (χ3v) is 5.02. The summed E-state index contributed by atoms with van der Waals surface area (Å²) in [6.45, 7) is 6.76. The summed E-state index contributed by atoms with van der Waals surface area (Å²) in [6.07, 6.45) is 21.3. The average molecular weight is 341 g/mol. The van der Waals surface area contributed by atoms with Crippen LogP contribution >= 0.6 is 0 Å². The van der Waals surface area contributed by atoms with E-state index in [4.69, 9.17) is 4.74 Å². The molecular weight excluding hydrogens is 296 g/mol. The smallest absolute Gasteiger partial charge is 0.308 e. The Hall–Kier alpha value is -0.530. The summed E-state index contributed by atoms with van der Waals surface area (Å²) in [5.41, 5.74) is 0. The lowest BCUT2D eigenvalue weighted by Gasteiger charge is -2.13. The zero-order chi connectivity index (χ0) is 17.9. The Morgan fingerprint density at radius 1 is 0.667 bits per heavy atom. The lowest BCUT2D eigenvalue weighted by molar-refractivity contribution is -0.148. The van der Waals surface area contributed by atoms with Gasteiger partial charge in [0.05, 0.1) is 12.5 Å². The molecule has 0 aromatic heterocycles. The summed E-state index contributed by atoms with van der Waals surface area (Å²) in [5.74, 6) is 0.136. The average Bonchev–Trinajstić information content (AvgIpc) is 2.58. The fraction of sp³-hybridized carbons (Fsp3) is 0.955. The van der Waals surface area contributed by atoms with Gasteiger partial charge in [0.2, 0.25) is 0 Å². The number of hydrogen-bond acceptors (Lipinski definition) is 2. The first kappa shape index (κ1) is 23.5. The molecule has 0 spiro atoms. The molecule has 1 unspecified atom stereocenters. The maximum Gasteiger partial charge on any atom is 0.308 e. The van der Waals surface area contributed by atoms with E-state index >= 15 is 0 Å². The van der Waals surface area contributed by atoms with Gasteiger partial charge in [0.15, 0.2) is 0 Å². The van der Waals surface area contributed by atoms with Crippen molar-refractivity contribution in [2.75, 3.05) is 6.61 Å². The summed E-state index contributed by atoms with van der Waals surface area (Å²) < 4.78 is 5.13. The van der Waals surface area contributed by atoms with Crippen molar-refractivity contribution in [2.24, 2.45) is 5.92 Å². The standard InChI is InChI=1S/C22H44O2/c1-4-7-8-9-10-11-12-13-14-15-16-17-18-19-20-21(5-2)22(23)24-6-3/h21H,4-20H2,1-3H3. The first-order chi connectivity index (χ1) is 11.8. The van der Waals surface area contributed by atoms with Gasteiger partial charge in [0, 0.05) is 0 Å². The summed E-state index contributed by atoms with van der Waals surface area (Å²) in [4.78, 5) is 11.7. The van der Waals surface area contributed by atoms with E-state index in [1.54, 1.807) is 0 Å². The van der Waals surface area contributed by atoms with Crippen LogP contribution in [0.5, 0.6) is 0 Å². The second-order valence-electron chi connectivity index (χ2n) is 7.24. The van der Waals surface area contributed by atoms with Crippen LogP contribution in [0, 0.1) is 5.92 Å². The maximum absolute atomic E-state index is 11.7. The van der Waals surface area contributed by atoms with Crippen molar-refractivity contribution < 1.29 is 9.53 Å². The molecule has 0 amide bonds. The van der Waals surface area contributed by atoms with Crippen LogP contribution in [-0.4, -0.2) is 12.6 Å². The molecule has 0 saturated carbocycles. The Labute approximate surface area is 152 Å². The van der Waals surface area contributed by atoms with Crippen LogP contribution in [0.1, 0.15) is 124 Å². The fourth-order valence-corrected chi connectivity index (χ4v) is 3.33. The van der Waals surface area contributed by atoms with E-state index < -0.39 is 0 Å². The predicted octanol–water partition coefficient (Wildman–Crippen LogP) is 7.45. The normalized spacial score (nSPS) is 12.3. The molecule has 0 rings (SSSR count). The highest BCUT2D eigenvalue weighted by Gasteiger charge is 2.16. The molecule has 2 nitrogen and oxygen atoms in total. The lowest BCUT2D eigenvalue weighted by atomic mass is 9.98. The number of rotatable bonds is 18. The molecule has 24 heavy (non-hydrogen) atoms. The summed E-state index contributed by atoms with van der Waals surface area (Å²) in [7, 11) is 0. The predicted molar refractivity (Wildman–Crippen MR) is 105 cm³/mol. The van der Waals surface area contributed by atoms with Crippen molar-refractivity contribution in [2.45, 2.75) is 124 Å². The molecule has 1 atom stereocenters. The van der Waals surface area contributed by atoms with Gasteiger partial charge in [-0.25, -0.2) is 0 Å². The number of esters is 1. The molecule has 0 saturated heterocycles. The van der Waals surface area contributed by atoms with Crippen molar-refractivity contribution in [1.29, 1.82) is 0 Å². The van der Waals surface area contributed by atoms with E-state index in [0.717, 1.165) is 12.8 Å². The Morgan fingerprint density at radius 2 is 1.08 bits per heavy atom. The summed E-state index contributed by atoms with van der Waals surface area (Å²) in [5, 5.41) is 0. The topological polar surface area (TPSA) is 26.3 Å². The van der Waals surface area contributed by atoms with E-state index in [9.17, 15) is 4.79 Å². The van der Waals surface area contributed by atoms with Crippen molar-refractivity contribution in [3.05, 3.63) is 0 Å². The minimum atomic E-state index is 0.00898. The fourth-order valence-electron chi connectivity index (χ4n) is 3.33. The Kier molecular flexibility index (Phi) is 18.4. The molecule has 0 aliphatic rings. The molecular formula is C22H44O2. The lowest BCUT2D eigenvalue weighted by Crippen LogP contribution is -2.16. The molecule has 0 fully saturated rings. The van der Waals surface area contributed by atoms with Gasteiger partial charge in [-0.1, -0.05) is 104 Å². The zero-order valence-electron chi connectivity index (χ0n) is 16.9. The minimum Gasteiger partial charge on any atom is -0.466 e. The molecule has 0 heterocycles. The highest BCUT2D eigenvalue weighted by atomic mass is 16.5. The van der Waals surface area contributed by atoms with Crippen LogP contribution in [0.15, 0.2) is 0 Å².